The van der Waals surface area contributed by atoms with E-state index < -0.39 is 0 Å². The Morgan fingerprint density at radius 2 is 1.74 bits per heavy atom. The van der Waals surface area contributed by atoms with Crippen LogP contribution in [0.15, 0.2) is 55.0 Å². The zero-order chi connectivity index (χ0) is 26.4. The number of aromatic nitrogens is 5. The van der Waals surface area contributed by atoms with Crippen LogP contribution in [0.5, 0.6) is 0 Å². The van der Waals surface area contributed by atoms with Gasteiger partial charge in [0.1, 0.15) is 0 Å². The fourth-order valence-electron chi connectivity index (χ4n) is 5.59. The van der Waals surface area contributed by atoms with Crippen LogP contribution in [0.1, 0.15) is 61.6 Å². The van der Waals surface area contributed by atoms with Gasteiger partial charge in [0.15, 0.2) is 0 Å². The molecule has 0 atom stereocenters. The van der Waals surface area contributed by atoms with E-state index in [1.54, 1.807) is 0 Å². The zero-order valence-electron chi connectivity index (χ0n) is 22.4. The molecule has 1 aliphatic rings. The Kier molecular flexibility index (Phi) is 6.44. The van der Waals surface area contributed by atoms with E-state index in [2.05, 4.69) is 72.6 Å². The van der Waals surface area contributed by atoms with Gasteiger partial charge in [-0.1, -0.05) is 63.6 Å². The van der Waals surface area contributed by atoms with E-state index in [4.69, 9.17) is 26.7 Å². The Balaban J connectivity index is 1.56. The minimum absolute atomic E-state index is 0.405. The van der Waals surface area contributed by atoms with Gasteiger partial charge in [0.25, 0.3) is 0 Å². The van der Waals surface area contributed by atoms with Crippen LogP contribution in [0, 0.1) is 0 Å². The molecule has 0 unspecified atom stereocenters. The normalized spacial score (nSPS) is 13.5. The molecule has 0 amide bonds. The number of nitrogens with one attached hydrogen (secondary N) is 1. The van der Waals surface area contributed by atoms with E-state index in [1.807, 2.05) is 24.7 Å². The molecule has 7 heteroatoms. The highest BCUT2D eigenvalue weighted by molar-refractivity contribution is 6.35. The van der Waals surface area contributed by atoms with Crippen molar-refractivity contribution < 1.29 is 0 Å². The molecular weight excluding hydrogens is 492 g/mol. The summed E-state index contributed by atoms with van der Waals surface area (Å²) in [6.07, 6.45) is 8.59. The van der Waals surface area contributed by atoms with Crippen molar-refractivity contribution in [3.05, 3.63) is 88.0 Å². The summed E-state index contributed by atoms with van der Waals surface area (Å²) >= 11 is 6.59. The third-order valence-corrected chi connectivity index (χ3v) is 8.06. The van der Waals surface area contributed by atoms with Gasteiger partial charge in [-0.05, 0) is 47.6 Å². The number of anilines is 1. The van der Waals surface area contributed by atoms with E-state index in [1.165, 1.54) is 22.4 Å². The van der Waals surface area contributed by atoms with E-state index >= 15 is 0 Å². The standard InChI is InChI=1S/C31H33ClN6/c1-5-20-8-7-9-21(6-2)29(20)38-30(24-10-11-26(32)28-23(24)12-14-33-28)25-18-37(15-13-27(25)36-38)31-34-16-22(17-35-31)19(3)4/h7-12,14,16-17,19,33H,5-6,13,15,18H2,1-4H3. The Hall–Kier alpha value is -3.64. The number of hydrogen-bond donors (Lipinski definition) is 1. The summed E-state index contributed by atoms with van der Waals surface area (Å²) in [4.78, 5) is 15.1. The number of halogens is 1. The van der Waals surface area contributed by atoms with Crippen LogP contribution in [-0.4, -0.2) is 31.3 Å². The Bertz CT molecular complexity index is 1590. The molecule has 6 rings (SSSR count). The minimum Gasteiger partial charge on any atom is -0.360 e. The molecule has 4 heterocycles. The van der Waals surface area contributed by atoms with Crippen molar-refractivity contribution >= 4 is 28.5 Å². The van der Waals surface area contributed by atoms with Crippen molar-refractivity contribution in [2.75, 3.05) is 11.4 Å². The number of fused-ring (bicyclic) bond motifs is 2. The maximum Gasteiger partial charge on any atom is 0.225 e. The van der Waals surface area contributed by atoms with Crippen LogP contribution >= 0.6 is 11.6 Å². The second-order valence-electron chi connectivity index (χ2n) is 10.3. The smallest absolute Gasteiger partial charge is 0.225 e. The highest BCUT2D eigenvalue weighted by atomic mass is 35.5. The summed E-state index contributed by atoms with van der Waals surface area (Å²) in [7, 11) is 0. The molecule has 0 fully saturated rings. The van der Waals surface area contributed by atoms with Gasteiger partial charge in [0.2, 0.25) is 5.95 Å². The van der Waals surface area contributed by atoms with Gasteiger partial charge in [-0.2, -0.15) is 5.10 Å². The monoisotopic (exact) mass is 524 g/mol. The van der Waals surface area contributed by atoms with Gasteiger partial charge in [0.05, 0.1) is 27.6 Å². The lowest BCUT2D eigenvalue weighted by Gasteiger charge is -2.27. The molecule has 1 aliphatic heterocycles. The molecule has 0 saturated heterocycles. The number of aromatic amines is 1. The summed E-state index contributed by atoms with van der Waals surface area (Å²) in [5.41, 5.74) is 10.5. The van der Waals surface area contributed by atoms with E-state index in [0.717, 1.165) is 70.2 Å². The molecule has 38 heavy (non-hydrogen) atoms. The Morgan fingerprint density at radius 1 is 1.00 bits per heavy atom. The average Bonchev–Trinajstić information content (AvgIpc) is 3.58. The molecule has 6 nitrogen and oxygen atoms in total. The van der Waals surface area contributed by atoms with Crippen molar-refractivity contribution in [2.24, 2.45) is 0 Å². The Morgan fingerprint density at radius 3 is 2.42 bits per heavy atom. The number of rotatable bonds is 6. The second kappa shape index (κ2) is 9.91. The average molecular weight is 525 g/mol. The zero-order valence-corrected chi connectivity index (χ0v) is 23.2. The summed E-state index contributed by atoms with van der Waals surface area (Å²) in [5, 5.41) is 7.12. The number of nitrogens with zero attached hydrogens (tertiary/aromatic N) is 5. The number of hydrogen-bond acceptors (Lipinski definition) is 4. The van der Waals surface area contributed by atoms with Crippen molar-refractivity contribution in [3.8, 4) is 16.9 Å². The number of H-pyrrole nitrogens is 1. The maximum atomic E-state index is 6.59. The van der Waals surface area contributed by atoms with Crippen LogP contribution in [0.3, 0.4) is 0 Å². The fourth-order valence-corrected chi connectivity index (χ4v) is 5.81. The van der Waals surface area contributed by atoms with Crippen molar-refractivity contribution in [3.63, 3.8) is 0 Å². The van der Waals surface area contributed by atoms with Gasteiger partial charge >= 0.3 is 0 Å². The minimum atomic E-state index is 0.405. The summed E-state index contributed by atoms with van der Waals surface area (Å²) in [5.74, 6) is 1.17. The first-order chi connectivity index (χ1) is 18.5. The molecule has 0 radical (unpaired) electrons. The second-order valence-corrected chi connectivity index (χ2v) is 10.7. The van der Waals surface area contributed by atoms with Crippen LogP contribution < -0.4 is 4.90 Å². The first-order valence-corrected chi connectivity index (χ1v) is 13.9. The number of benzene rings is 2. The van der Waals surface area contributed by atoms with Gasteiger partial charge < -0.3 is 9.88 Å². The summed E-state index contributed by atoms with van der Waals surface area (Å²) in [6.45, 7) is 10.3. The molecule has 0 spiro atoms. The topological polar surface area (TPSA) is 62.6 Å². The first kappa shape index (κ1) is 24.7. The van der Waals surface area contributed by atoms with Crippen LogP contribution in [0.2, 0.25) is 5.02 Å². The van der Waals surface area contributed by atoms with E-state index in [9.17, 15) is 0 Å². The summed E-state index contributed by atoms with van der Waals surface area (Å²) in [6, 6.07) is 12.9. The molecule has 5 aromatic rings. The van der Waals surface area contributed by atoms with E-state index in [0.29, 0.717) is 12.5 Å². The van der Waals surface area contributed by atoms with Crippen molar-refractivity contribution in [1.29, 1.82) is 0 Å². The number of aryl methyl sites for hydroxylation is 2. The maximum absolute atomic E-state index is 6.59. The van der Waals surface area contributed by atoms with E-state index in [-0.39, 0.29) is 0 Å². The lowest BCUT2D eigenvalue weighted by atomic mass is 9.97. The lowest BCUT2D eigenvalue weighted by molar-refractivity contribution is 0.692. The van der Waals surface area contributed by atoms with Crippen LogP contribution in [0.4, 0.5) is 5.95 Å². The third-order valence-electron chi connectivity index (χ3n) is 7.75. The first-order valence-electron chi connectivity index (χ1n) is 13.5. The molecule has 0 saturated carbocycles. The van der Waals surface area contributed by atoms with Crippen molar-refractivity contribution in [2.45, 2.75) is 59.4 Å². The lowest BCUT2D eigenvalue weighted by Crippen LogP contribution is -2.31. The molecular formula is C31H33ClN6. The summed E-state index contributed by atoms with van der Waals surface area (Å²) < 4.78 is 2.21. The van der Waals surface area contributed by atoms with Gasteiger partial charge in [-0.15, -0.1) is 0 Å². The highest BCUT2D eigenvalue weighted by Crippen LogP contribution is 2.40. The molecule has 194 valence electrons. The highest BCUT2D eigenvalue weighted by Gasteiger charge is 2.29. The van der Waals surface area contributed by atoms with Crippen LogP contribution in [-0.2, 0) is 25.8 Å². The van der Waals surface area contributed by atoms with Gasteiger partial charge in [0, 0.05) is 54.6 Å². The molecule has 1 N–H and O–H groups in total. The molecule has 0 bridgehead atoms. The SMILES string of the molecule is CCc1cccc(CC)c1-n1nc2c(c1-c1ccc(Cl)c3[nH]ccc13)CN(c1ncc(C(C)C)cn1)CC2. The van der Waals surface area contributed by atoms with Crippen molar-refractivity contribution in [1.82, 2.24) is 24.7 Å². The molecule has 3 aromatic heterocycles. The molecule has 2 aromatic carbocycles. The Labute approximate surface area is 228 Å². The van der Waals surface area contributed by atoms with Gasteiger partial charge in [-0.25, -0.2) is 14.6 Å². The van der Waals surface area contributed by atoms with Crippen LogP contribution in [0.25, 0.3) is 27.8 Å². The van der Waals surface area contributed by atoms with Gasteiger partial charge in [-0.3, -0.25) is 0 Å². The predicted octanol–water partition coefficient (Wildman–Crippen LogP) is 7.27. The molecule has 0 aliphatic carbocycles. The third kappa shape index (κ3) is 4.08. The predicted molar refractivity (Wildman–Crippen MR) is 155 cm³/mol. The largest absolute Gasteiger partial charge is 0.360 e. The number of para-hydroxylation sites is 1. The quantitative estimate of drug-likeness (QED) is 0.253. The fraction of sp³-hybridized carbons (Fsp3) is 0.323.